The fourth-order valence-electron chi connectivity index (χ4n) is 1.77. The van der Waals surface area contributed by atoms with Crippen molar-refractivity contribution in [3.8, 4) is 0 Å². The van der Waals surface area contributed by atoms with Gasteiger partial charge in [-0.1, -0.05) is 36.4 Å². The Kier molecular flexibility index (Phi) is 4.42. The van der Waals surface area contributed by atoms with E-state index in [1.165, 1.54) is 6.07 Å². The molecule has 0 bridgehead atoms. The smallest absolute Gasteiger partial charge is 0.241 e. The fourth-order valence-corrected chi connectivity index (χ4v) is 1.77. The largest absolute Gasteiger partial charge is 0.350 e. The monoisotopic (exact) mass is 276 g/mol. The second-order valence-electron chi connectivity index (χ2n) is 4.34. The predicted molar refractivity (Wildman–Crippen MR) is 71.6 cm³/mol. The first-order valence-corrected chi connectivity index (χ1v) is 6.10. The Hall–Kier alpha value is -2.27. The summed E-state index contributed by atoms with van der Waals surface area (Å²) in [5, 5.41) is 2.53. The van der Waals surface area contributed by atoms with E-state index in [0.29, 0.717) is 5.56 Å². The topological polar surface area (TPSA) is 55.1 Å². The SMILES string of the molecule is N[C@@H](C(=O)NCc1ccc(F)cc1F)c1ccccc1. The molecule has 0 radical (unpaired) electrons. The zero-order valence-electron chi connectivity index (χ0n) is 10.6. The Morgan fingerprint density at radius 2 is 1.85 bits per heavy atom. The van der Waals surface area contributed by atoms with Crippen LogP contribution in [0.25, 0.3) is 0 Å². The Morgan fingerprint density at radius 3 is 2.50 bits per heavy atom. The van der Waals surface area contributed by atoms with Gasteiger partial charge < -0.3 is 11.1 Å². The number of carbonyl (C=O) groups is 1. The number of amides is 1. The molecule has 0 saturated heterocycles. The lowest BCUT2D eigenvalue weighted by atomic mass is 10.1. The van der Waals surface area contributed by atoms with Gasteiger partial charge in [0.25, 0.3) is 0 Å². The Bertz CT molecular complexity index is 602. The molecule has 0 aliphatic rings. The molecule has 0 unspecified atom stereocenters. The summed E-state index contributed by atoms with van der Waals surface area (Å²) in [6.45, 7) is -0.0362. The zero-order valence-corrected chi connectivity index (χ0v) is 10.6. The van der Waals surface area contributed by atoms with Crippen LogP contribution in [0.1, 0.15) is 17.2 Å². The predicted octanol–water partition coefficient (Wildman–Crippen LogP) is 2.28. The van der Waals surface area contributed by atoms with Crippen molar-refractivity contribution in [3.05, 3.63) is 71.3 Å². The van der Waals surface area contributed by atoms with Gasteiger partial charge >= 0.3 is 0 Å². The molecule has 104 valence electrons. The lowest BCUT2D eigenvalue weighted by Crippen LogP contribution is -2.33. The first-order valence-electron chi connectivity index (χ1n) is 6.10. The van der Waals surface area contributed by atoms with Crippen molar-refractivity contribution in [3.63, 3.8) is 0 Å². The summed E-state index contributed by atoms with van der Waals surface area (Å²) in [7, 11) is 0. The van der Waals surface area contributed by atoms with E-state index >= 15 is 0 Å². The molecule has 0 aliphatic heterocycles. The maximum Gasteiger partial charge on any atom is 0.241 e. The van der Waals surface area contributed by atoms with Crippen molar-refractivity contribution in [2.45, 2.75) is 12.6 Å². The molecule has 3 N–H and O–H groups in total. The first-order chi connectivity index (χ1) is 9.58. The van der Waals surface area contributed by atoms with Gasteiger partial charge in [-0.3, -0.25) is 4.79 Å². The van der Waals surface area contributed by atoms with Crippen LogP contribution in [0, 0.1) is 11.6 Å². The minimum absolute atomic E-state index is 0.0362. The Labute approximate surface area is 115 Å². The van der Waals surface area contributed by atoms with Gasteiger partial charge in [-0.2, -0.15) is 0 Å². The van der Waals surface area contributed by atoms with E-state index in [4.69, 9.17) is 5.73 Å². The molecule has 2 aromatic rings. The van der Waals surface area contributed by atoms with Gasteiger partial charge in [-0.15, -0.1) is 0 Å². The number of carbonyl (C=O) groups excluding carboxylic acids is 1. The van der Waals surface area contributed by atoms with Crippen molar-refractivity contribution in [2.24, 2.45) is 5.73 Å². The van der Waals surface area contributed by atoms with Crippen molar-refractivity contribution in [1.82, 2.24) is 5.32 Å². The molecule has 3 nitrogen and oxygen atoms in total. The van der Waals surface area contributed by atoms with Crippen molar-refractivity contribution in [2.75, 3.05) is 0 Å². The summed E-state index contributed by atoms with van der Waals surface area (Å²) < 4.78 is 26.2. The van der Waals surface area contributed by atoms with E-state index in [2.05, 4.69) is 5.32 Å². The highest BCUT2D eigenvalue weighted by atomic mass is 19.1. The summed E-state index contributed by atoms with van der Waals surface area (Å²) in [5.41, 5.74) is 6.68. The summed E-state index contributed by atoms with van der Waals surface area (Å²) in [6, 6.07) is 11.2. The normalized spacial score (nSPS) is 11.9. The number of nitrogens with one attached hydrogen (secondary N) is 1. The molecular formula is C15H14F2N2O. The van der Waals surface area contributed by atoms with E-state index < -0.39 is 23.6 Å². The van der Waals surface area contributed by atoms with Gasteiger partial charge in [0, 0.05) is 18.2 Å². The van der Waals surface area contributed by atoms with Crippen molar-refractivity contribution < 1.29 is 13.6 Å². The average Bonchev–Trinajstić information content (AvgIpc) is 2.46. The average molecular weight is 276 g/mol. The molecule has 2 rings (SSSR count). The quantitative estimate of drug-likeness (QED) is 0.900. The lowest BCUT2D eigenvalue weighted by molar-refractivity contribution is -0.122. The third-order valence-electron chi connectivity index (χ3n) is 2.91. The van der Waals surface area contributed by atoms with E-state index in [0.717, 1.165) is 12.1 Å². The maximum atomic E-state index is 13.4. The number of hydrogen-bond acceptors (Lipinski definition) is 2. The number of rotatable bonds is 4. The van der Waals surface area contributed by atoms with Crippen molar-refractivity contribution in [1.29, 1.82) is 0 Å². The van der Waals surface area contributed by atoms with Crippen LogP contribution in [-0.2, 0) is 11.3 Å². The molecule has 0 spiro atoms. The minimum Gasteiger partial charge on any atom is -0.350 e. The number of benzene rings is 2. The van der Waals surface area contributed by atoms with Gasteiger partial charge in [-0.25, -0.2) is 8.78 Å². The third kappa shape index (κ3) is 3.39. The van der Waals surface area contributed by atoms with Crippen LogP contribution in [0.5, 0.6) is 0 Å². The molecule has 0 aliphatic carbocycles. The molecule has 20 heavy (non-hydrogen) atoms. The molecular weight excluding hydrogens is 262 g/mol. The Balaban J connectivity index is 1.98. The highest BCUT2D eigenvalue weighted by molar-refractivity contribution is 5.82. The van der Waals surface area contributed by atoms with Gasteiger partial charge in [0.1, 0.15) is 17.7 Å². The molecule has 1 amide bonds. The van der Waals surface area contributed by atoms with E-state index in [9.17, 15) is 13.6 Å². The van der Waals surface area contributed by atoms with E-state index in [-0.39, 0.29) is 12.1 Å². The molecule has 2 aromatic carbocycles. The Morgan fingerprint density at radius 1 is 1.15 bits per heavy atom. The second-order valence-corrected chi connectivity index (χ2v) is 4.34. The number of halogens is 2. The van der Waals surface area contributed by atoms with Gasteiger partial charge in [0.15, 0.2) is 0 Å². The first kappa shape index (κ1) is 14.1. The van der Waals surface area contributed by atoms with Gasteiger partial charge in [0.05, 0.1) is 0 Å². The highest BCUT2D eigenvalue weighted by Gasteiger charge is 2.15. The van der Waals surface area contributed by atoms with Crippen LogP contribution in [0.4, 0.5) is 8.78 Å². The minimum atomic E-state index is -0.820. The van der Waals surface area contributed by atoms with Crippen LogP contribution in [-0.4, -0.2) is 5.91 Å². The molecule has 0 saturated carbocycles. The van der Waals surface area contributed by atoms with Crippen LogP contribution >= 0.6 is 0 Å². The van der Waals surface area contributed by atoms with Crippen LogP contribution in [0.2, 0.25) is 0 Å². The van der Waals surface area contributed by atoms with Crippen LogP contribution in [0.15, 0.2) is 48.5 Å². The van der Waals surface area contributed by atoms with Crippen molar-refractivity contribution >= 4 is 5.91 Å². The number of nitrogens with two attached hydrogens (primary N) is 1. The molecule has 0 heterocycles. The highest BCUT2D eigenvalue weighted by Crippen LogP contribution is 2.11. The summed E-state index contributed by atoms with van der Waals surface area (Å²) >= 11 is 0. The van der Waals surface area contributed by atoms with Gasteiger partial charge in [0.2, 0.25) is 5.91 Å². The molecule has 0 fully saturated rings. The van der Waals surface area contributed by atoms with Crippen LogP contribution in [0.3, 0.4) is 0 Å². The van der Waals surface area contributed by atoms with E-state index in [1.54, 1.807) is 24.3 Å². The molecule has 1 atom stereocenters. The molecule has 5 heteroatoms. The zero-order chi connectivity index (χ0) is 14.5. The number of hydrogen-bond donors (Lipinski definition) is 2. The van der Waals surface area contributed by atoms with Gasteiger partial charge in [-0.05, 0) is 11.6 Å². The van der Waals surface area contributed by atoms with E-state index in [1.807, 2.05) is 6.07 Å². The summed E-state index contributed by atoms with van der Waals surface area (Å²) in [6.07, 6.45) is 0. The summed E-state index contributed by atoms with van der Waals surface area (Å²) in [5.74, 6) is -1.77. The third-order valence-corrected chi connectivity index (χ3v) is 2.91. The maximum absolute atomic E-state index is 13.4. The summed E-state index contributed by atoms with van der Waals surface area (Å²) in [4.78, 5) is 11.9. The van der Waals surface area contributed by atoms with Crippen LogP contribution < -0.4 is 11.1 Å². The second kappa shape index (κ2) is 6.25. The lowest BCUT2D eigenvalue weighted by Gasteiger charge is -2.12. The fraction of sp³-hybridized carbons (Fsp3) is 0.133. The standard InChI is InChI=1S/C15H14F2N2O/c16-12-7-6-11(13(17)8-12)9-19-15(20)14(18)10-4-2-1-3-5-10/h1-8,14H,9,18H2,(H,19,20)/t14-/m1/s1. The molecule has 0 aromatic heterocycles.